The van der Waals surface area contributed by atoms with Gasteiger partial charge in [0.25, 0.3) is 12.0 Å². The summed E-state index contributed by atoms with van der Waals surface area (Å²) in [6.07, 6.45) is -2.84. The van der Waals surface area contributed by atoms with Crippen LogP contribution in [0, 0.1) is 0 Å². The molecule has 1 rings (SSSR count). The second-order valence-corrected chi connectivity index (χ2v) is 2.99. The molecule has 0 radical (unpaired) electrons. The molecule has 0 aromatic carbocycles. The number of pyridine rings is 1. The SMILES string of the molecule is O=c1[nH]c(Cl)cc(CCl)c1C(F)F. The fourth-order valence-electron chi connectivity index (χ4n) is 0.938. The van der Waals surface area contributed by atoms with E-state index in [-0.39, 0.29) is 16.6 Å². The highest BCUT2D eigenvalue weighted by Crippen LogP contribution is 2.21. The van der Waals surface area contributed by atoms with Crippen LogP contribution in [-0.4, -0.2) is 4.98 Å². The number of nitrogens with one attached hydrogen (secondary N) is 1. The van der Waals surface area contributed by atoms with E-state index in [2.05, 4.69) is 4.98 Å². The molecular formula is C7H5Cl2F2NO. The summed E-state index contributed by atoms with van der Waals surface area (Å²) in [5.41, 5.74) is -1.44. The van der Waals surface area contributed by atoms with Crippen molar-refractivity contribution < 1.29 is 8.78 Å². The first-order chi connectivity index (χ1) is 6.06. The van der Waals surface area contributed by atoms with Gasteiger partial charge in [0.05, 0.1) is 5.56 Å². The van der Waals surface area contributed by atoms with Gasteiger partial charge in [-0.3, -0.25) is 4.79 Å². The molecule has 0 bridgehead atoms. The van der Waals surface area contributed by atoms with E-state index in [1.54, 1.807) is 0 Å². The van der Waals surface area contributed by atoms with Gasteiger partial charge in [0.15, 0.2) is 0 Å². The zero-order chi connectivity index (χ0) is 10.0. The molecule has 0 unspecified atom stereocenters. The summed E-state index contributed by atoms with van der Waals surface area (Å²) < 4.78 is 24.6. The molecule has 1 aromatic rings. The smallest absolute Gasteiger partial charge is 0.269 e. The summed E-state index contributed by atoms with van der Waals surface area (Å²) in [5.74, 6) is -0.163. The molecule has 0 fully saturated rings. The van der Waals surface area contributed by atoms with Gasteiger partial charge in [-0.05, 0) is 11.6 Å². The van der Waals surface area contributed by atoms with Gasteiger partial charge >= 0.3 is 0 Å². The van der Waals surface area contributed by atoms with Crippen LogP contribution >= 0.6 is 23.2 Å². The van der Waals surface area contributed by atoms with Crippen molar-refractivity contribution in [3.05, 3.63) is 32.7 Å². The highest BCUT2D eigenvalue weighted by Gasteiger charge is 2.17. The molecule has 0 amide bonds. The number of halogens is 4. The first kappa shape index (κ1) is 10.5. The molecule has 1 aromatic heterocycles. The molecule has 1 heterocycles. The molecule has 13 heavy (non-hydrogen) atoms. The maximum Gasteiger partial charge on any atom is 0.269 e. The van der Waals surface area contributed by atoms with Crippen LogP contribution in [0.4, 0.5) is 8.78 Å². The number of hydrogen-bond acceptors (Lipinski definition) is 1. The van der Waals surface area contributed by atoms with Crippen LogP contribution in [0.5, 0.6) is 0 Å². The highest BCUT2D eigenvalue weighted by molar-refractivity contribution is 6.29. The zero-order valence-electron chi connectivity index (χ0n) is 6.28. The Morgan fingerprint density at radius 1 is 1.54 bits per heavy atom. The van der Waals surface area contributed by atoms with E-state index in [0.717, 1.165) is 0 Å². The molecule has 72 valence electrons. The molecule has 0 aliphatic carbocycles. The Bertz CT molecular complexity index is 364. The minimum atomic E-state index is -2.84. The van der Waals surface area contributed by atoms with Crippen LogP contribution < -0.4 is 5.56 Å². The van der Waals surface area contributed by atoms with E-state index >= 15 is 0 Å². The number of aromatic amines is 1. The maximum absolute atomic E-state index is 12.3. The second-order valence-electron chi connectivity index (χ2n) is 2.32. The largest absolute Gasteiger partial charge is 0.313 e. The van der Waals surface area contributed by atoms with E-state index < -0.39 is 17.5 Å². The first-order valence-corrected chi connectivity index (χ1v) is 4.23. The van der Waals surface area contributed by atoms with Crippen LogP contribution in [0.15, 0.2) is 10.9 Å². The predicted molar refractivity (Wildman–Crippen MR) is 46.6 cm³/mol. The molecule has 0 spiro atoms. The minimum absolute atomic E-state index is 0.00468. The van der Waals surface area contributed by atoms with Gasteiger partial charge in [-0.1, -0.05) is 11.6 Å². The lowest BCUT2D eigenvalue weighted by molar-refractivity contribution is 0.148. The molecule has 0 aliphatic rings. The predicted octanol–water partition coefficient (Wildman–Crippen LogP) is 2.70. The van der Waals surface area contributed by atoms with Crippen molar-refractivity contribution in [1.29, 1.82) is 0 Å². The van der Waals surface area contributed by atoms with Crippen molar-refractivity contribution in [2.75, 3.05) is 0 Å². The van der Waals surface area contributed by atoms with Crippen LogP contribution in [0.3, 0.4) is 0 Å². The molecule has 0 aliphatic heterocycles. The molecule has 2 nitrogen and oxygen atoms in total. The number of alkyl halides is 3. The zero-order valence-corrected chi connectivity index (χ0v) is 7.79. The van der Waals surface area contributed by atoms with Gasteiger partial charge in [-0.25, -0.2) is 8.78 Å². The van der Waals surface area contributed by atoms with Gasteiger partial charge in [0.1, 0.15) is 5.15 Å². The van der Waals surface area contributed by atoms with Crippen molar-refractivity contribution in [3.63, 3.8) is 0 Å². The third kappa shape index (κ3) is 2.19. The Balaban J connectivity index is 3.39. The summed E-state index contributed by atoms with van der Waals surface area (Å²) in [7, 11) is 0. The minimum Gasteiger partial charge on any atom is -0.313 e. The molecule has 0 atom stereocenters. The molecular weight excluding hydrogens is 223 g/mol. The van der Waals surface area contributed by atoms with Gasteiger partial charge < -0.3 is 4.98 Å². The first-order valence-electron chi connectivity index (χ1n) is 3.32. The van der Waals surface area contributed by atoms with E-state index in [1.165, 1.54) is 6.07 Å². The van der Waals surface area contributed by atoms with E-state index in [0.29, 0.717) is 0 Å². The summed E-state index contributed by atoms with van der Waals surface area (Å²) in [4.78, 5) is 13.0. The summed E-state index contributed by atoms with van der Waals surface area (Å²) in [5, 5.41) is 0.00468. The van der Waals surface area contributed by atoms with Gasteiger partial charge in [0.2, 0.25) is 0 Å². The average molecular weight is 228 g/mol. The average Bonchev–Trinajstić information content (AvgIpc) is 2.01. The van der Waals surface area contributed by atoms with Gasteiger partial charge in [0, 0.05) is 5.88 Å². The van der Waals surface area contributed by atoms with Crippen LogP contribution in [-0.2, 0) is 5.88 Å². The van der Waals surface area contributed by atoms with Crippen molar-refractivity contribution in [2.45, 2.75) is 12.3 Å². The molecule has 1 N–H and O–H groups in total. The van der Waals surface area contributed by atoms with Crippen LogP contribution in [0.25, 0.3) is 0 Å². The Morgan fingerprint density at radius 3 is 2.62 bits per heavy atom. The lowest BCUT2D eigenvalue weighted by Crippen LogP contribution is -2.15. The van der Waals surface area contributed by atoms with E-state index in [9.17, 15) is 13.6 Å². The standard InChI is InChI=1S/C7H5Cl2F2NO/c8-2-3-1-4(9)12-7(13)5(3)6(10)11/h1,6H,2H2,(H,12,13). The van der Waals surface area contributed by atoms with E-state index in [1.807, 2.05) is 0 Å². The normalized spacial score (nSPS) is 10.8. The monoisotopic (exact) mass is 227 g/mol. The fraction of sp³-hybridized carbons (Fsp3) is 0.286. The lowest BCUT2D eigenvalue weighted by Gasteiger charge is -2.04. The van der Waals surface area contributed by atoms with Gasteiger partial charge in [-0.2, -0.15) is 0 Å². The molecule has 0 saturated carbocycles. The Kier molecular flexibility index (Phi) is 3.27. The van der Waals surface area contributed by atoms with Crippen LogP contribution in [0.1, 0.15) is 17.6 Å². The summed E-state index contributed by atoms with van der Waals surface area (Å²) in [6.45, 7) is 0. The summed E-state index contributed by atoms with van der Waals surface area (Å²) >= 11 is 10.8. The fourth-order valence-corrected chi connectivity index (χ4v) is 1.38. The lowest BCUT2D eigenvalue weighted by atomic mass is 10.2. The van der Waals surface area contributed by atoms with E-state index in [4.69, 9.17) is 23.2 Å². The highest BCUT2D eigenvalue weighted by atomic mass is 35.5. The number of H-pyrrole nitrogens is 1. The Morgan fingerprint density at radius 2 is 2.15 bits per heavy atom. The topological polar surface area (TPSA) is 32.9 Å². The third-order valence-corrected chi connectivity index (χ3v) is 1.98. The number of rotatable bonds is 2. The number of aromatic nitrogens is 1. The quantitative estimate of drug-likeness (QED) is 0.612. The summed E-state index contributed by atoms with van der Waals surface area (Å²) in [6, 6.07) is 1.22. The molecule has 6 heteroatoms. The van der Waals surface area contributed by atoms with Crippen molar-refractivity contribution in [3.8, 4) is 0 Å². The Labute approximate surface area is 82.5 Å². The number of hydrogen-bond donors (Lipinski definition) is 1. The van der Waals surface area contributed by atoms with Crippen molar-refractivity contribution in [1.82, 2.24) is 4.98 Å². The third-order valence-electron chi connectivity index (χ3n) is 1.49. The Hall–Kier alpha value is -0.610. The van der Waals surface area contributed by atoms with Gasteiger partial charge in [-0.15, -0.1) is 11.6 Å². The maximum atomic E-state index is 12.3. The second kappa shape index (κ2) is 4.07. The van der Waals surface area contributed by atoms with Crippen molar-refractivity contribution >= 4 is 23.2 Å². The van der Waals surface area contributed by atoms with Crippen LogP contribution in [0.2, 0.25) is 5.15 Å². The molecule has 0 saturated heterocycles. The van der Waals surface area contributed by atoms with Crippen molar-refractivity contribution in [2.24, 2.45) is 0 Å².